The Kier molecular flexibility index (Phi) is 5.86. The van der Waals surface area contributed by atoms with Gasteiger partial charge in [-0.1, -0.05) is 6.07 Å². The van der Waals surface area contributed by atoms with E-state index >= 15 is 0 Å². The van der Waals surface area contributed by atoms with E-state index in [1.54, 1.807) is 36.4 Å². The zero-order chi connectivity index (χ0) is 24.5. The molecule has 0 aliphatic carbocycles. The van der Waals surface area contributed by atoms with Gasteiger partial charge in [-0.15, -0.1) is 0 Å². The van der Waals surface area contributed by atoms with Gasteiger partial charge in [0.1, 0.15) is 29.7 Å². The molecule has 4 aromatic rings. The first-order valence-corrected chi connectivity index (χ1v) is 10.8. The first-order chi connectivity index (χ1) is 17.0. The van der Waals surface area contributed by atoms with Crippen LogP contribution >= 0.6 is 0 Å². The van der Waals surface area contributed by atoms with Crippen molar-refractivity contribution in [3.05, 3.63) is 71.3 Å². The summed E-state index contributed by atoms with van der Waals surface area (Å²) in [5.74, 6) is 0.0870. The second-order valence-electron chi connectivity index (χ2n) is 8.01. The number of rotatable bonds is 7. The summed E-state index contributed by atoms with van der Waals surface area (Å²) in [5, 5.41) is 10.0. The highest BCUT2D eigenvalue weighted by Crippen LogP contribution is 2.40. The minimum atomic E-state index is -1.05. The maximum Gasteiger partial charge on any atom is 0.326 e. The zero-order valence-corrected chi connectivity index (χ0v) is 19.0. The summed E-state index contributed by atoms with van der Waals surface area (Å²) in [7, 11) is 3.09. The predicted molar refractivity (Wildman–Crippen MR) is 123 cm³/mol. The fourth-order valence-corrected chi connectivity index (χ4v) is 4.13. The van der Waals surface area contributed by atoms with Crippen molar-refractivity contribution >= 4 is 23.1 Å². The Balaban J connectivity index is 1.48. The van der Waals surface area contributed by atoms with Gasteiger partial charge in [-0.25, -0.2) is 9.18 Å². The van der Waals surface area contributed by atoms with Crippen molar-refractivity contribution in [2.24, 2.45) is 0 Å². The van der Waals surface area contributed by atoms with Crippen molar-refractivity contribution in [1.29, 1.82) is 0 Å². The average molecular weight is 479 g/mol. The third-order valence-electron chi connectivity index (χ3n) is 5.92. The molecule has 0 radical (unpaired) electrons. The van der Waals surface area contributed by atoms with Gasteiger partial charge in [-0.3, -0.25) is 4.98 Å². The van der Waals surface area contributed by atoms with Crippen LogP contribution in [0.1, 0.15) is 16.8 Å². The van der Waals surface area contributed by atoms with Gasteiger partial charge >= 0.3 is 5.97 Å². The Hall–Kier alpha value is -4.34. The lowest BCUT2D eigenvalue weighted by Gasteiger charge is -2.34. The van der Waals surface area contributed by atoms with Crippen LogP contribution in [0, 0.1) is 5.82 Å². The van der Waals surface area contributed by atoms with E-state index in [-0.39, 0.29) is 31.2 Å². The van der Waals surface area contributed by atoms with Gasteiger partial charge in [0.05, 0.1) is 26.1 Å². The molecule has 10 heteroatoms. The second kappa shape index (κ2) is 9.13. The summed E-state index contributed by atoms with van der Waals surface area (Å²) >= 11 is 0. The van der Waals surface area contributed by atoms with Crippen LogP contribution in [-0.4, -0.2) is 41.3 Å². The first-order valence-electron chi connectivity index (χ1n) is 10.8. The van der Waals surface area contributed by atoms with Crippen LogP contribution in [0.25, 0.3) is 11.1 Å². The summed E-state index contributed by atoms with van der Waals surface area (Å²) < 4.78 is 36.1. The molecule has 0 spiro atoms. The van der Waals surface area contributed by atoms with Gasteiger partial charge < -0.3 is 28.6 Å². The van der Waals surface area contributed by atoms with E-state index in [4.69, 9.17) is 18.6 Å². The van der Waals surface area contributed by atoms with Crippen LogP contribution < -0.4 is 19.1 Å². The molecule has 0 fully saturated rings. The van der Waals surface area contributed by atoms with Gasteiger partial charge in [0.25, 0.3) is 6.01 Å². The molecule has 3 heterocycles. The lowest BCUT2D eigenvalue weighted by atomic mass is 9.93. The molecule has 180 valence electrons. The third-order valence-corrected chi connectivity index (χ3v) is 5.92. The molecule has 0 bridgehead atoms. The number of pyridine rings is 1. The molecule has 0 amide bonds. The van der Waals surface area contributed by atoms with Gasteiger partial charge in [0.2, 0.25) is 0 Å². The van der Waals surface area contributed by atoms with Gasteiger partial charge in [-0.05, 0) is 35.9 Å². The van der Waals surface area contributed by atoms with E-state index in [0.717, 1.165) is 11.1 Å². The summed E-state index contributed by atoms with van der Waals surface area (Å²) in [6.07, 6.45) is 1.72. The first kappa shape index (κ1) is 22.5. The number of carboxylic acid groups (broad SMARTS) is 1. The Morgan fingerprint density at radius 1 is 1.20 bits per heavy atom. The number of fused-ring (bicyclic) bond motifs is 2. The van der Waals surface area contributed by atoms with Crippen molar-refractivity contribution in [2.45, 2.75) is 25.6 Å². The highest BCUT2D eigenvalue weighted by molar-refractivity contribution is 5.81. The van der Waals surface area contributed by atoms with E-state index in [2.05, 4.69) is 9.97 Å². The number of carboxylic acids is 1. The number of anilines is 1. The second-order valence-corrected chi connectivity index (χ2v) is 8.01. The van der Waals surface area contributed by atoms with Crippen LogP contribution in [0.5, 0.6) is 17.2 Å². The van der Waals surface area contributed by atoms with Gasteiger partial charge in [0.15, 0.2) is 17.1 Å². The number of halogens is 1. The Morgan fingerprint density at radius 3 is 2.77 bits per heavy atom. The number of nitrogens with zero attached hydrogens (tertiary/aromatic N) is 3. The highest BCUT2D eigenvalue weighted by Gasteiger charge is 2.36. The van der Waals surface area contributed by atoms with Crippen LogP contribution in [-0.2, 0) is 24.4 Å². The van der Waals surface area contributed by atoms with Gasteiger partial charge in [0, 0.05) is 24.6 Å². The lowest BCUT2D eigenvalue weighted by molar-refractivity contribution is -0.138. The summed E-state index contributed by atoms with van der Waals surface area (Å²) in [5.41, 5.74) is 2.94. The molecule has 1 N–H and O–H groups in total. The maximum absolute atomic E-state index is 13.6. The Bertz CT molecular complexity index is 1390. The van der Waals surface area contributed by atoms with Crippen molar-refractivity contribution in [1.82, 2.24) is 9.97 Å². The van der Waals surface area contributed by atoms with Crippen molar-refractivity contribution in [3.63, 3.8) is 0 Å². The van der Waals surface area contributed by atoms with E-state index < -0.39 is 17.8 Å². The maximum atomic E-state index is 13.6. The van der Waals surface area contributed by atoms with Gasteiger partial charge in [-0.2, -0.15) is 4.98 Å². The van der Waals surface area contributed by atoms with Crippen molar-refractivity contribution in [2.75, 3.05) is 19.1 Å². The topological polar surface area (TPSA) is 107 Å². The summed E-state index contributed by atoms with van der Waals surface area (Å²) in [6, 6.07) is 10.3. The monoisotopic (exact) mass is 479 g/mol. The number of carbonyl (C=O) groups is 1. The fraction of sp³-hybridized carbons (Fsp3) is 0.240. The Labute approximate surface area is 199 Å². The molecule has 0 unspecified atom stereocenters. The molecule has 0 saturated heterocycles. The molecule has 1 aliphatic heterocycles. The summed E-state index contributed by atoms with van der Waals surface area (Å²) in [6.45, 7) is 0.373. The SMILES string of the molecule is COc1ccc(COc2c(OC)ccc3c2C[C@@H](C(=O)O)N(c2nc4ccc(F)cc4o2)C3)nc1. The molecule has 9 nitrogen and oxygen atoms in total. The van der Waals surface area contributed by atoms with E-state index in [1.165, 1.54) is 25.3 Å². The van der Waals surface area contributed by atoms with Crippen LogP contribution in [0.3, 0.4) is 0 Å². The van der Waals surface area contributed by atoms with Crippen LogP contribution in [0.4, 0.5) is 10.4 Å². The molecule has 1 aliphatic rings. The molecule has 2 aromatic carbocycles. The van der Waals surface area contributed by atoms with Crippen molar-refractivity contribution < 1.29 is 32.9 Å². The number of oxazole rings is 1. The largest absolute Gasteiger partial charge is 0.495 e. The highest BCUT2D eigenvalue weighted by atomic mass is 19.1. The quantitative estimate of drug-likeness (QED) is 0.421. The number of methoxy groups -OCH3 is 2. The van der Waals surface area contributed by atoms with Crippen molar-refractivity contribution in [3.8, 4) is 17.2 Å². The number of ether oxygens (including phenoxy) is 3. The standard InChI is InChI=1S/C25H22FN3O6/c1-32-17-6-5-16(27-11-17)13-34-23-18-10-20(24(30)31)29(12-14(18)3-8-21(23)33-2)25-28-19-7-4-15(26)9-22(19)35-25/h3-9,11,20H,10,12-13H2,1-2H3,(H,30,31)/t20-/m0/s1. The average Bonchev–Trinajstić information content (AvgIpc) is 3.29. The molecular weight excluding hydrogens is 457 g/mol. The third kappa shape index (κ3) is 4.30. The minimum Gasteiger partial charge on any atom is -0.495 e. The van der Waals surface area contributed by atoms with E-state index in [0.29, 0.717) is 28.5 Å². The van der Waals surface area contributed by atoms with Crippen LogP contribution in [0.15, 0.2) is 53.1 Å². The smallest absolute Gasteiger partial charge is 0.326 e. The normalized spacial score (nSPS) is 15.1. The zero-order valence-electron chi connectivity index (χ0n) is 19.0. The Morgan fingerprint density at radius 2 is 2.06 bits per heavy atom. The lowest BCUT2D eigenvalue weighted by Crippen LogP contribution is -2.46. The molecule has 2 aromatic heterocycles. The predicted octanol–water partition coefficient (Wildman–Crippen LogP) is 3.97. The van der Waals surface area contributed by atoms with Crippen LogP contribution in [0.2, 0.25) is 0 Å². The molecule has 5 rings (SSSR count). The minimum absolute atomic E-state index is 0.115. The molecular formula is C25H22FN3O6. The fourth-order valence-electron chi connectivity index (χ4n) is 4.13. The van der Waals surface area contributed by atoms with E-state index in [1.807, 2.05) is 6.07 Å². The number of aromatic nitrogens is 2. The van der Waals surface area contributed by atoms with E-state index in [9.17, 15) is 14.3 Å². The number of hydrogen-bond acceptors (Lipinski definition) is 8. The number of aliphatic carboxylic acids is 1. The summed E-state index contributed by atoms with van der Waals surface area (Å²) in [4.78, 5) is 22.5. The molecule has 35 heavy (non-hydrogen) atoms. The number of hydrogen-bond donors (Lipinski definition) is 1. The number of benzene rings is 2. The molecule has 1 atom stereocenters. The molecule has 0 saturated carbocycles.